The Balaban J connectivity index is 2.07. The van der Waals surface area contributed by atoms with E-state index in [0.717, 1.165) is 43.5 Å². The lowest BCUT2D eigenvalue weighted by atomic mass is 10.0. The number of hydrogen-bond acceptors (Lipinski definition) is 7. The molecule has 2 unspecified atom stereocenters. The number of hydrogen-bond donors (Lipinski definition) is 0. The summed E-state index contributed by atoms with van der Waals surface area (Å²) in [6.07, 6.45) is 9.12. The highest BCUT2D eigenvalue weighted by molar-refractivity contribution is 8.26. The van der Waals surface area contributed by atoms with Gasteiger partial charge in [-0.1, -0.05) is 69.9 Å². The molecule has 0 radical (unpaired) electrons. The van der Waals surface area contributed by atoms with E-state index in [0.29, 0.717) is 41.0 Å². The number of thioether (sulfide) groups is 1. The van der Waals surface area contributed by atoms with Crippen molar-refractivity contribution in [3.8, 4) is 6.07 Å². The Morgan fingerprint density at radius 1 is 1.05 bits per heavy atom. The highest BCUT2D eigenvalue weighted by Gasteiger charge is 2.34. The fourth-order valence-corrected chi connectivity index (χ4v) is 6.35. The van der Waals surface area contributed by atoms with Crippen molar-refractivity contribution in [2.75, 3.05) is 24.5 Å². The van der Waals surface area contributed by atoms with Gasteiger partial charge in [0.15, 0.2) is 0 Å². The molecule has 2 saturated heterocycles. The molecule has 1 amide bonds. The maximum absolute atomic E-state index is 13.5. The quantitative estimate of drug-likeness (QED) is 0.203. The van der Waals surface area contributed by atoms with Crippen LogP contribution < -0.4 is 10.5 Å². The number of carbonyl (C=O) groups is 1. The van der Waals surface area contributed by atoms with Crippen LogP contribution in [-0.2, 0) is 16.1 Å². The van der Waals surface area contributed by atoms with E-state index in [-0.39, 0.29) is 29.2 Å². The highest BCUT2D eigenvalue weighted by Crippen LogP contribution is 2.36. The highest BCUT2D eigenvalue weighted by atomic mass is 32.2. The van der Waals surface area contributed by atoms with E-state index in [9.17, 15) is 14.9 Å². The Morgan fingerprint density at radius 2 is 1.70 bits per heavy atom. The van der Waals surface area contributed by atoms with Crippen LogP contribution in [0.3, 0.4) is 0 Å². The number of thiocarbonyl (C=S) groups is 1. The minimum atomic E-state index is -0.271. The van der Waals surface area contributed by atoms with Crippen LogP contribution in [0.1, 0.15) is 89.3 Å². The summed E-state index contributed by atoms with van der Waals surface area (Å²) >= 11 is 6.89. The van der Waals surface area contributed by atoms with Crippen molar-refractivity contribution in [3.63, 3.8) is 0 Å². The second-order valence-electron chi connectivity index (χ2n) is 10.1. The van der Waals surface area contributed by atoms with E-state index in [2.05, 4.69) is 24.8 Å². The molecule has 0 aromatic carbocycles. The number of amides is 1. The van der Waals surface area contributed by atoms with E-state index in [4.69, 9.17) is 17.0 Å². The molecule has 202 valence electrons. The Bertz CT molecular complexity index is 1130. The normalized spacial score (nSPS) is 21.2. The number of ether oxygens (including phenoxy) is 1. The first-order chi connectivity index (χ1) is 17.7. The molecule has 0 bridgehead atoms. The fraction of sp³-hybridized carbons (Fsp3) is 0.643. The topological polar surface area (TPSA) is 78.6 Å². The van der Waals surface area contributed by atoms with Crippen molar-refractivity contribution < 1.29 is 9.53 Å². The summed E-state index contributed by atoms with van der Waals surface area (Å²) in [6.45, 7) is 12.5. The summed E-state index contributed by atoms with van der Waals surface area (Å²) in [6, 6.07) is 2.13. The van der Waals surface area contributed by atoms with Gasteiger partial charge in [0, 0.05) is 31.7 Å². The Labute approximate surface area is 230 Å². The van der Waals surface area contributed by atoms with Crippen molar-refractivity contribution >= 4 is 46.1 Å². The van der Waals surface area contributed by atoms with Crippen molar-refractivity contribution in [2.24, 2.45) is 0 Å². The molecule has 1 aromatic rings. The Morgan fingerprint density at radius 3 is 2.32 bits per heavy atom. The Hall–Kier alpha value is -2.15. The molecule has 2 aliphatic heterocycles. The molecule has 3 rings (SSSR count). The lowest BCUT2D eigenvalue weighted by molar-refractivity contribution is -0.122. The number of nitrogens with zero attached hydrogens (tertiary/aromatic N) is 4. The minimum Gasteiger partial charge on any atom is -0.372 e. The average Bonchev–Trinajstić information content (AvgIpc) is 3.11. The first-order valence-corrected chi connectivity index (χ1v) is 14.8. The van der Waals surface area contributed by atoms with E-state index >= 15 is 0 Å². The van der Waals surface area contributed by atoms with E-state index < -0.39 is 0 Å². The summed E-state index contributed by atoms with van der Waals surface area (Å²) in [5.41, 5.74) is 1.21. The average molecular weight is 545 g/mol. The minimum absolute atomic E-state index is 0.00630. The monoisotopic (exact) mass is 544 g/mol. The maximum Gasteiger partial charge on any atom is 0.270 e. The van der Waals surface area contributed by atoms with Crippen molar-refractivity contribution in [2.45, 2.75) is 98.3 Å². The molecule has 1 aromatic heterocycles. The molecule has 2 atom stereocenters. The summed E-state index contributed by atoms with van der Waals surface area (Å²) in [5, 5.41) is 9.90. The molecule has 0 spiro atoms. The number of unbranched alkanes of at least 4 members (excludes halogenated alkanes) is 5. The standard InChI is InChI=1S/C28H40N4O3S2/c1-6-8-10-11-12-14-32-27(34)24(37-28(32)36)15-22-21(5)23(16-29)26(33)31(13-9-7-2)25(22)30-17-19(3)35-20(4)18-30/h15,19-20H,6-14,17-18H2,1-5H3/b24-15-. The van der Waals surface area contributed by atoms with Gasteiger partial charge >= 0.3 is 0 Å². The summed E-state index contributed by atoms with van der Waals surface area (Å²) in [7, 11) is 0. The number of pyridine rings is 1. The van der Waals surface area contributed by atoms with Gasteiger partial charge in [-0.15, -0.1) is 0 Å². The van der Waals surface area contributed by atoms with Gasteiger partial charge in [-0.2, -0.15) is 5.26 Å². The van der Waals surface area contributed by atoms with E-state index in [1.807, 2.05) is 19.9 Å². The van der Waals surface area contributed by atoms with Gasteiger partial charge in [-0.3, -0.25) is 19.1 Å². The number of rotatable bonds is 11. The molecular weight excluding hydrogens is 504 g/mol. The van der Waals surface area contributed by atoms with Crippen LogP contribution in [0, 0.1) is 18.3 Å². The molecule has 0 aliphatic carbocycles. The SMILES string of the molecule is CCCCCCCN1C(=O)/C(=C/c2c(C)c(C#N)c(=O)n(CCCC)c2N2CC(C)OC(C)C2)SC1=S. The predicted octanol–water partition coefficient (Wildman–Crippen LogP) is 5.61. The number of morpholine rings is 1. The molecule has 3 heterocycles. The first kappa shape index (κ1) is 29.4. The van der Waals surface area contributed by atoms with Gasteiger partial charge in [0.1, 0.15) is 21.8 Å². The number of carbonyl (C=O) groups excluding carboxylic acids is 1. The zero-order chi connectivity index (χ0) is 27.1. The second kappa shape index (κ2) is 13.6. The molecule has 2 fully saturated rings. The van der Waals surface area contributed by atoms with Crippen LogP contribution in [-0.4, -0.2) is 51.5 Å². The van der Waals surface area contributed by atoms with Crippen LogP contribution in [0.25, 0.3) is 6.08 Å². The largest absolute Gasteiger partial charge is 0.372 e. The van der Waals surface area contributed by atoms with Crippen molar-refractivity contribution in [3.05, 3.63) is 31.9 Å². The second-order valence-corrected chi connectivity index (χ2v) is 11.7. The number of nitriles is 1. The third kappa shape index (κ3) is 6.84. The van der Waals surface area contributed by atoms with Gasteiger partial charge in [-0.05, 0) is 45.3 Å². The molecule has 2 aliphatic rings. The number of aromatic nitrogens is 1. The van der Waals surface area contributed by atoms with Gasteiger partial charge in [0.05, 0.1) is 17.1 Å². The van der Waals surface area contributed by atoms with Crippen LogP contribution in [0.2, 0.25) is 0 Å². The van der Waals surface area contributed by atoms with E-state index in [1.165, 1.54) is 24.6 Å². The molecular formula is C28H40N4O3S2. The van der Waals surface area contributed by atoms with Crippen molar-refractivity contribution in [1.82, 2.24) is 9.47 Å². The summed E-state index contributed by atoms with van der Waals surface area (Å²) < 4.78 is 8.27. The summed E-state index contributed by atoms with van der Waals surface area (Å²) in [5.74, 6) is 0.672. The molecule has 0 N–H and O–H groups in total. The van der Waals surface area contributed by atoms with Crippen LogP contribution in [0.5, 0.6) is 0 Å². The van der Waals surface area contributed by atoms with Gasteiger partial charge < -0.3 is 9.64 Å². The Kier molecular flexibility index (Phi) is 10.8. The lowest BCUT2D eigenvalue weighted by Crippen LogP contribution is -2.48. The third-order valence-electron chi connectivity index (χ3n) is 6.94. The zero-order valence-corrected chi connectivity index (χ0v) is 24.5. The fourth-order valence-electron chi connectivity index (χ4n) is 5.06. The maximum atomic E-state index is 13.5. The van der Waals surface area contributed by atoms with Gasteiger partial charge in [-0.25, -0.2) is 0 Å². The molecule has 9 heteroatoms. The van der Waals surface area contributed by atoms with Crippen LogP contribution in [0.15, 0.2) is 9.70 Å². The third-order valence-corrected chi connectivity index (χ3v) is 8.31. The van der Waals surface area contributed by atoms with E-state index in [1.54, 1.807) is 16.4 Å². The predicted molar refractivity (Wildman–Crippen MR) is 156 cm³/mol. The first-order valence-electron chi connectivity index (χ1n) is 13.6. The molecule has 7 nitrogen and oxygen atoms in total. The van der Waals surface area contributed by atoms with Crippen LogP contribution in [0.4, 0.5) is 5.82 Å². The molecule has 0 saturated carbocycles. The lowest BCUT2D eigenvalue weighted by Gasteiger charge is -2.39. The molecule has 37 heavy (non-hydrogen) atoms. The smallest absolute Gasteiger partial charge is 0.270 e. The van der Waals surface area contributed by atoms with Gasteiger partial charge in [0.25, 0.3) is 11.5 Å². The zero-order valence-electron chi connectivity index (χ0n) is 22.8. The van der Waals surface area contributed by atoms with Crippen LogP contribution >= 0.6 is 24.0 Å². The van der Waals surface area contributed by atoms with Gasteiger partial charge in [0.2, 0.25) is 0 Å². The summed E-state index contributed by atoms with van der Waals surface area (Å²) in [4.78, 5) is 31.3. The number of anilines is 1. The van der Waals surface area contributed by atoms with Crippen molar-refractivity contribution in [1.29, 1.82) is 5.26 Å².